The fourth-order valence-electron chi connectivity index (χ4n) is 4.44. The number of benzene rings is 3. The molecular formula is C28H22FN3O5. The third kappa shape index (κ3) is 5.43. The molecule has 2 aliphatic rings. The normalized spacial score (nSPS) is 17.9. The van der Waals surface area contributed by atoms with Gasteiger partial charge in [0.05, 0.1) is 17.7 Å². The van der Waals surface area contributed by atoms with E-state index in [-0.39, 0.29) is 13.4 Å². The Hall–Kier alpha value is -4.71. The fourth-order valence-corrected chi connectivity index (χ4v) is 4.44. The largest absolute Gasteiger partial charge is 0.460 e. The number of carbonyl (C=O) groups excluding carboxylic acids is 2. The number of esters is 1. The first-order chi connectivity index (χ1) is 18.0. The third-order valence-electron chi connectivity index (χ3n) is 6.22. The molecule has 2 aliphatic heterocycles. The van der Waals surface area contributed by atoms with Gasteiger partial charge >= 0.3 is 12.0 Å². The van der Waals surface area contributed by atoms with Crippen LogP contribution in [0.1, 0.15) is 34.7 Å². The van der Waals surface area contributed by atoms with Crippen molar-refractivity contribution in [1.29, 1.82) is 5.26 Å². The van der Waals surface area contributed by atoms with Crippen LogP contribution in [-0.4, -0.2) is 24.5 Å². The number of halogens is 1. The Kier molecular flexibility index (Phi) is 6.81. The fraction of sp³-hybridized carbons (Fsp3) is 0.214. The summed E-state index contributed by atoms with van der Waals surface area (Å²) in [6, 6.07) is 18.7. The number of hydrogen-bond donors (Lipinski definition) is 1. The highest BCUT2D eigenvalue weighted by atomic mass is 19.1. The summed E-state index contributed by atoms with van der Waals surface area (Å²) in [5.41, 5.74) is 2.75. The standard InChI is InChI=1S/C28H22FN3O5/c29-21-6-2-4-19(12-21)15-35-27(33)25-22(9-7-17-8-10-23-24(13-17)37-16-36-23)31-28(34)32-26(25)20-5-1-3-18(11-20)14-30/h1-6,8,10-13,25-26H,7,9,15-16H2,(H,32,34). The summed E-state index contributed by atoms with van der Waals surface area (Å²) in [6.07, 6.45) is 0.794. The minimum absolute atomic E-state index is 0.137. The van der Waals surface area contributed by atoms with E-state index in [0.29, 0.717) is 46.7 Å². The van der Waals surface area contributed by atoms with Crippen molar-refractivity contribution in [2.45, 2.75) is 25.5 Å². The van der Waals surface area contributed by atoms with Gasteiger partial charge in [-0.25, -0.2) is 14.2 Å². The second kappa shape index (κ2) is 10.5. The topological polar surface area (TPSA) is 110 Å². The Morgan fingerprint density at radius 3 is 2.73 bits per heavy atom. The molecule has 186 valence electrons. The highest BCUT2D eigenvalue weighted by molar-refractivity contribution is 6.09. The first kappa shape index (κ1) is 24.0. The Labute approximate surface area is 212 Å². The number of hydrogen-bond acceptors (Lipinski definition) is 6. The molecule has 0 fully saturated rings. The van der Waals surface area contributed by atoms with Gasteiger partial charge in [0.2, 0.25) is 6.79 Å². The molecule has 0 saturated heterocycles. The molecule has 0 spiro atoms. The third-order valence-corrected chi connectivity index (χ3v) is 6.22. The Balaban J connectivity index is 1.41. The molecule has 3 aromatic rings. The Bertz CT molecular complexity index is 1430. The van der Waals surface area contributed by atoms with Crippen LogP contribution in [0.2, 0.25) is 0 Å². The molecule has 3 aromatic carbocycles. The minimum atomic E-state index is -0.936. The molecule has 0 aromatic heterocycles. The van der Waals surface area contributed by atoms with Crippen LogP contribution in [-0.2, 0) is 22.6 Å². The summed E-state index contributed by atoms with van der Waals surface area (Å²) >= 11 is 0. The van der Waals surface area contributed by atoms with E-state index in [0.717, 1.165) is 5.56 Å². The number of amides is 2. The number of fused-ring (bicyclic) bond motifs is 1. The molecule has 0 aliphatic carbocycles. The van der Waals surface area contributed by atoms with E-state index in [2.05, 4.69) is 16.4 Å². The summed E-state index contributed by atoms with van der Waals surface area (Å²) < 4.78 is 30.0. The molecule has 2 unspecified atom stereocenters. The van der Waals surface area contributed by atoms with E-state index in [4.69, 9.17) is 14.2 Å². The quantitative estimate of drug-likeness (QED) is 0.475. The average molecular weight is 499 g/mol. The van der Waals surface area contributed by atoms with Crippen LogP contribution in [0.15, 0.2) is 71.7 Å². The second-order valence-corrected chi connectivity index (χ2v) is 8.67. The van der Waals surface area contributed by atoms with E-state index in [1.54, 1.807) is 30.3 Å². The molecule has 2 atom stereocenters. The molecule has 0 saturated carbocycles. The number of aliphatic imine (C=N–C) groups is 1. The molecule has 5 rings (SSSR count). The van der Waals surface area contributed by atoms with E-state index < -0.39 is 29.8 Å². The van der Waals surface area contributed by atoms with Gasteiger partial charge in [-0.1, -0.05) is 30.3 Å². The maximum absolute atomic E-state index is 13.6. The Morgan fingerprint density at radius 2 is 1.89 bits per heavy atom. The molecule has 0 radical (unpaired) electrons. The van der Waals surface area contributed by atoms with Gasteiger partial charge in [0.15, 0.2) is 11.5 Å². The van der Waals surface area contributed by atoms with Crippen LogP contribution in [0.3, 0.4) is 0 Å². The summed E-state index contributed by atoms with van der Waals surface area (Å²) in [5.74, 6) is -0.682. The van der Waals surface area contributed by atoms with E-state index in [1.807, 2.05) is 18.2 Å². The summed E-state index contributed by atoms with van der Waals surface area (Å²) in [7, 11) is 0. The summed E-state index contributed by atoms with van der Waals surface area (Å²) in [6.45, 7) is 0.0236. The maximum atomic E-state index is 13.6. The lowest BCUT2D eigenvalue weighted by atomic mass is 9.85. The van der Waals surface area contributed by atoms with Crippen molar-refractivity contribution >= 4 is 17.7 Å². The van der Waals surface area contributed by atoms with Crippen LogP contribution in [0, 0.1) is 23.1 Å². The molecule has 37 heavy (non-hydrogen) atoms. The molecule has 2 heterocycles. The smallest absolute Gasteiger partial charge is 0.341 e. The molecule has 0 bridgehead atoms. The number of nitrogens with zero attached hydrogens (tertiary/aromatic N) is 2. The van der Waals surface area contributed by atoms with Crippen LogP contribution in [0.5, 0.6) is 11.5 Å². The monoisotopic (exact) mass is 499 g/mol. The molecule has 9 heteroatoms. The van der Waals surface area contributed by atoms with E-state index in [1.165, 1.54) is 18.2 Å². The van der Waals surface area contributed by atoms with E-state index in [9.17, 15) is 19.2 Å². The van der Waals surface area contributed by atoms with Crippen molar-refractivity contribution in [3.8, 4) is 17.6 Å². The van der Waals surface area contributed by atoms with E-state index >= 15 is 0 Å². The summed E-state index contributed by atoms with van der Waals surface area (Å²) in [4.78, 5) is 30.1. The highest BCUT2D eigenvalue weighted by Crippen LogP contribution is 2.34. The number of rotatable bonds is 7. The number of nitrogens with one attached hydrogen (secondary N) is 1. The Morgan fingerprint density at radius 1 is 1.05 bits per heavy atom. The van der Waals surface area contributed by atoms with Crippen molar-refractivity contribution in [1.82, 2.24) is 5.32 Å². The van der Waals surface area contributed by atoms with Gasteiger partial charge in [-0.15, -0.1) is 0 Å². The van der Waals surface area contributed by atoms with Gasteiger partial charge in [0.1, 0.15) is 18.3 Å². The van der Waals surface area contributed by atoms with Gasteiger partial charge in [0.25, 0.3) is 0 Å². The SMILES string of the molecule is N#Cc1cccc(C2NC(=O)N=C(CCc3ccc4c(c3)OCO4)C2C(=O)OCc2cccc(F)c2)c1. The van der Waals surface area contributed by atoms with Crippen LogP contribution in [0.25, 0.3) is 0 Å². The van der Waals surface area contributed by atoms with Crippen molar-refractivity contribution < 1.29 is 28.2 Å². The molecule has 8 nitrogen and oxygen atoms in total. The highest BCUT2D eigenvalue weighted by Gasteiger charge is 2.39. The van der Waals surface area contributed by atoms with Crippen LogP contribution >= 0.6 is 0 Å². The predicted octanol–water partition coefficient (Wildman–Crippen LogP) is 4.62. The first-order valence-corrected chi connectivity index (χ1v) is 11.7. The lowest BCUT2D eigenvalue weighted by molar-refractivity contribution is -0.148. The van der Waals surface area contributed by atoms with Gasteiger partial charge in [-0.05, 0) is 65.9 Å². The number of nitriles is 1. The van der Waals surface area contributed by atoms with Crippen molar-refractivity contribution in [3.63, 3.8) is 0 Å². The van der Waals surface area contributed by atoms with Crippen molar-refractivity contribution in [3.05, 3.63) is 94.8 Å². The lowest BCUT2D eigenvalue weighted by Gasteiger charge is -2.31. The van der Waals surface area contributed by atoms with Gasteiger partial charge in [-0.2, -0.15) is 5.26 Å². The van der Waals surface area contributed by atoms with Gasteiger partial charge < -0.3 is 19.5 Å². The minimum Gasteiger partial charge on any atom is -0.460 e. The summed E-state index contributed by atoms with van der Waals surface area (Å²) in [5, 5.41) is 12.1. The molecule has 1 N–H and O–H groups in total. The number of aryl methyl sites for hydroxylation is 1. The van der Waals surface area contributed by atoms with Crippen molar-refractivity contribution in [2.75, 3.05) is 6.79 Å². The zero-order valence-electron chi connectivity index (χ0n) is 19.6. The van der Waals surface area contributed by atoms with Crippen molar-refractivity contribution in [2.24, 2.45) is 10.9 Å². The lowest BCUT2D eigenvalue weighted by Crippen LogP contribution is -2.45. The molecule has 2 amide bonds. The predicted molar refractivity (Wildman–Crippen MR) is 130 cm³/mol. The maximum Gasteiger partial charge on any atom is 0.341 e. The zero-order valence-corrected chi connectivity index (χ0v) is 19.6. The van der Waals surface area contributed by atoms with Crippen LogP contribution < -0.4 is 14.8 Å². The van der Waals surface area contributed by atoms with Crippen LogP contribution in [0.4, 0.5) is 9.18 Å². The van der Waals surface area contributed by atoms with Gasteiger partial charge in [0, 0.05) is 5.71 Å². The molecular weight excluding hydrogens is 477 g/mol. The second-order valence-electron chi connectivity index (χ2n) is 8.67. The zero-order chi connectivity index (χ0) is 25.8. The first-order valence-electron chi connectivity index (χ1n) is 11.7. The number of ether oxygens (including phenoxy) is 3. The van der Waals surface area contributed by atoms with Gasteiger partial charge in [-0.3, -0.25) is 4.79 Å². The average Bonchev–Trinajstić information content (AvgIpc) is 3.38. The number of urea groups is 1. The number of carbonyl (C=O) groups is 2.